The van der Waals surface area contributed by atoms with Gasteiger partial charge in [-0.2, -0.15) is 0 Å². The third-order valence-electron chi connectivity index (χ3n) is 1.96. The summed E-state index contributed by atoms with van der Waals surface area (Å²) in [5.41, 5.74) is 0. The number of aromatic nitrogens is 2. The summed E-state index contributed by atoms with van der Waals surface area (Å²) in [5, 5.41) is 13.9. The highest BCUT2D eigenvalue weighted by Gasteiger charge is 2.02. The third-order valence-corrected chi connectivity index (χ3v) is 2.94. The largest absolute Gasteiger partial charge is 0.310 e. The maximum absolute atomic E-state index is 4.16. The van der Waals surface area contributed by atoms with Crippen molar-refractivity contribution in [3.05, 3.63) is 10.0 Å². The Balaban J connectivity index is 2.27. The second-order valence-corrected chi connectivity index (χ2v) is 4.52. The molecule has 0 unspecified atom stereocenters. The van der Waals surface area contributed by atoms with E-state index < -0.39 is 0 Å². The number of aryl methyl sites for hydroxylation is 1. The van der Waals surface area contributed by atoms with Crippen LogP contribution in [0.15, 0.2) is 0 Å². The van der Waals surface area contributed by atoms with E-state index in [9.17, 15) is 0 Å². The summed E-state index contributed by atoms with van der Waals surface area (Å²) in [6.45, 7) is 6.30. The number of nitrogens with zero attached hydrogens (tertiary/aromatic N) is 2. The molecule has 0 aliphatic rings. The van der Waals surface area contributed by atoms with Crippen molar-refractivity contribution >= 4 is 11.3 Å². The van der Waals surface area contributed by atoms with Gasteiger partial charge in [0.15, 0.2) is 0 Å². The van der Waals surface area contributed by atoms with Gasteiger partial charge >= 0.3 is 0 Å². The molecule has 0 aliphatic carbocycles. The number of rotatable bonds is 7. The van der Waals surface area contributed by atoms with E-state index in [-0.39, 0.29) is 0 Å². The summed E-state index contributed by atoms with van der Waals surface area (Å²) in [6, 6.07) is 0. The Labute approximate surface area is 89.9 Å². The normalized spacial score (nSPS) is 10.7. The minimum atomic E-state index is 0.873. The smallest absolute Gasteiger partial charge is 0.131 e. The van der Waals surface area contributed by atoms with Crippen molar-refractivity contribution in [2.45, 2.75) is 46.1 Å². The average molecular weight is 213 g/mol. The van der Waals surface area contributed by atoms with E-state index in [4.69, 9.17) is 0 Å². The summed E-state index contributed by atoms with van der Waals surface area (Å²) in [4.78, 5) is 0. The highest BCUT2D eigenvalue weighted by Crippen LogP contribution is 2.11. The van der Waals surface area contributed by atoms with Gasteiger partial charge in [-0.15, -0.1) is 21.5 Å². The molecule has 14 heavy (non-hydrogen) atoms. The molecule has 1 aromatic rings. The van der Waals surface area contributed by atoms with Crippen LogP contribution >= 0.6 is 11.3 Å². The van der Waals surface area contributed by atoms with Crippen LogP contribution in [-0.2, 0) is 13.0 Å². The maximum Gasteiger partial charge on any atom is 0.131 e. The molecular weight excluding hydrogens is 194 g/mol. The number of hydrogen-bond donors (Lipinski definition) is 1. The van der Waals surface area contributed by atoms with Crippen molar-refractivity contribution in [2.24, 2.45) is 0 Å². The molecule has 0 aliphatic heterocycles. The molecule has 0 atom stereocenters. The summed E-state index contributed by atoms with van der Waals surface area (Å²) in [5.74, 6) is 0. The molecule has 0 saturated heterocycles. The lowest BCUT2D eigenvalue weighted by molar-refractivity contribution is 0.667. The molecule has 1 heterocycles. The molecule has 0 saturated carbocycles. The van der Waals surface area contributed by atoms with Crippen molar-refractivity contribution in [1.82, 2.24) is 15.5 Å². The molecule has 0 amide bonds. The lowest BCUT2D eigenvalue weighted by Crippen LogP contribution is -2.13. The topological polar surface area (TPSA) is 37.8 Å². The number of nitrogens with one attached hydrogen (secondary N) is 1. The molecule has 0 radical (unpaired) electrons. The minimum Gasteiger partial charge on any atom is -0.310 e. The van der Waals surface area contributed by atoms with Gasteiger partial charge in [0.2, 0.25) is 0 Å². The lowest BCUT2D eigenvalue weighted by atomic mass is 10.3. The molecule has 0 bridgehead atoms. The third kappa shape index (κ3) is 4.15. The van der Waals surface area contributed by atoms with Gasteiger partial charge in [-0.25, -0.2) is 0 Å². The van der Waals surface area contributed by atoms with Gasteiger partial charge in [0.25, 0.3) is 0 Å². The first-order valence-corrected chi connectivity index (χ1v) is 6.20. The Morgan fingerprint density at radius 3 is 2.64 bits per heavy atom. The predicted molar refractivity (Wildman–Crippen MR) is 60.5 cm³/mol. The van der Waals surface area contributed by atoms with Crippen LogP contribution in [0.3, 0.4) is 0 Å². The van der Waals surface area contributed by atoms with Gasteiger partial charge in [0.05, 0.1) is 0 Å². The first-order chi connectivity index (χ1) is 6.86. The van der Waals surface area contributed by atoms with Gasteiger partial charge in [-0.3, -0.25) is 0 Å². The quantitative estimate of drug-likeness (QED) is 0.707. The van der Waals surface area contributed by atoms with E-state index in [1.165, 1.54) is 24.3 Å². The molecule has 1 aromatic heterocycles. The van der Waals surface area contributed by atoms with Crippen molar-refractivity contribution in [1.29, 1.82) is 0 Å². The van der Waals surface area contributed by atoms with Gasteiger partial charge in [-0.05, 0) is 19.4 Å². The van der Waals surface area contributed by atoms with Crippen LogP contribution in [0.25, 0.3) is 0 Å². The van der Waals surface area contributed by atoms with Crippen LogP contribution in [-0.4, -0.2) is 16.7 Å². The fourth-order valence-electron chi connectivity index (χ4n) is 1.16. The summed E-state index contributed by atoms with van der Waals surface area (Å²) < 4.78 is 0. The van der Waals surface area contributed by atoms with Gasteiger partial charge in [0.1, 0.15) is 10.0 Å². The van der Waals surface area contributed by atoms with E-state index in [0.717, 1.165) is 24.5 Å². The highest BCUT2D eigenvalue weighted by molar-refractivity contribution is 7.11. The van der Waals surface area contributed by atoms with Crippen molar-refractivity contribution in [3.8, 4) is 0 Å². The Morgan fingerprint density at radius 2 is 1.93 bits per heavy atom. The molecule has 1 N–H and O–H groups in total. The fraction of sp³-hybridized carbons (Fsp3) is 0.800. The Kier molecular flexibility index (Phi) is 5.71. The zero-order valence-corrected chi connectivity index (χ0v) is 9.86. The minimum absolute atomic E-state index is 0.873. The second kappa shape index (κ2) is 6.90. The van der Waals surface area contributed by atoms with Gasteiger partial charge < -0.3 is 5.32 Å². The molecule has 0 aromatic carbocycles. The average Bonchev–Trinajstić information content (AvgIpc) is 2.63. The first kappa shape index (κ1) is 11.6. The molecule has 0 fully saturated rings. The van der Waals surface area contributed by atoms with Crippen LogP contribution in [0.5, 0.6) is 0 Å². The zero-order chi connectivity index (χ0) is 10.2. The van der Waals surface area contributed by atoms with E-state index in [1.54, 1.807) is 11.3 Å². The lowest BCUT2D eigenvalue weighted by Gasteiger charge is -1.96. The van der Waals surface area contributed by atoms with Gasteiger partial charge in [0, 0.05) is 13.0 Å². The number of unbranched alkanes of at least 4 members (excludes halogenated alkanes) is 1. The molecule has 80 valence electrons. The van der Waals surface area contributed by atoms with Crippen LogP contribution in [0.4, 0.5) is 0 Å². The maximum atomic E-state index is 4.16. The molecule has 3 nitrogen and oxygen atoms in total. The Morgan fingerprint density at radius 1 is 1.14 bits per heavy atom. The Hall–Kier alpha value is -0.480. The Bertz CT molecular complexity index is 247. The van der Waals surface area contributed by atoms with Crippen molar-refractivity contribution in [3.63, 3.8) is 0 Å². The van der Waals surface area contributed by atoms with E-state index in [0.29, 0.717) is 0 Å². The SMILES string of the molecule is CCCCc1nnc(CNCCC)s1. The zero-order valence-electron chi connectivity index (χ0n) is 9.05. The van der Waals surface area contributed by atoms with Crippen LogP contribution in [0.1, 0.15) is 43.1 Å². The van der Waals surface area contributed by atoms with Crippen molar-refractivity contribution in [2.75, 3.05) is 6.54 Å². The van der Waals surface area contributed by atoms with Gasteiger partial charge in [-0.1, -0.05) is 20.3 Å². The van der Waals surface area contributed by atoms with Crippen molar-refractivity contribution < 1.29 is 0 Å². The molecule has 0 spiro atoms. The monoisotopic (exact) mass is 213 g/mol. The summed E-state index contributed by atoms with van der Waals surface area (Å²) >= 11 is 1.74. The predicted octanol–water partition coefficient (Wildman–Crippen LogP) is 2.38. The van der Waals surface area contributed by atoms with E-state index >= 15 is 0 Å². The molecule has 4 heteroatoms. The first-order valence-electron chi connectivity index (χ1n) is 5.38. The summed E-state index contributed by atoms with van der Waals surface area (Å²) in [6.07, 6.45) is 4.70. The van der Waals surface area contributed by atoms with Crippen LogP contribution in [0, 0.1) is 0 Å². The van der Waals surface area contributed by atoms with Crippen LogP contribution in [0.2, 0.25) is 0 Å². The fourth-order valence-corrected chi connectivity index (χ4v) is 2.02. The molecule has 1 rings (SSSR count). The van der Waals surface area contributed by atoms with E-state index in [2.05, 4.69) is 29.4 Å². The summed E-state index contributed by atoms with van der Waals surface area (Å²) in [7, 11) is 0. The number of hydrogen-bond acceptors (Lipinski definition) is 4. The second-order valence-electron chi connectivity index (χ2n) is 3.37. The van der Waals surface area contributed by atoms with Crippen LogP contribution < -0.4 is 5.32 Å². The van der Waals surface area contributed by atoms with E-state index in [1.807, 2.05) is 0 Å². The highest BCUT2D eigenvalue weighted by atomic mass is 32.1. The molecular formula is C10H19N3S. The standard InChI is InChI=1S/C10H19N3S/c1-3-5-6-9-12-13-10(14-9)8-11-7-4-2/h11H,3-8H2,1-2H3.